The largest absolute Gasteiger partial charge is 0.366 e. The van der Waals surface area contributed by atoms with Crippen LogP contribution in [0.3, 0.4) is 0 Å². The molecule has 2 amide bonds. The van der Waals surface area contributed by atoms with Gasteiger partial charge in [-0.1, -0.05) is 43.9 Å². The summed E-state index contributed by atoms with van der Waals surface area (Å²) in [5, 5.41) is 17.1. The lowest BCUT2D eigenvalue weighted by molar-refractivity contribution is 0.262. The van der Waals surface area contributed by atoms with E-state index in [1.807, 2.05) is 36.4 Å². The molecule has 126 valence electrons. The number of nitrogens with one attached hydrogen (secondary N) is 3. The molecule has 1 saturated carbocycles. The Morgan fingerprint density at radius 1 is 0.833 bits per heavy atom. The van der Waals surface area contributed by atoms with E-state index in [0.29, 0.717) is 11.9 Å². The molecule has 3 N–H and O–H groups in total. The highest BCUT2D eigenvalue weighted by Gasteiger charge is 2.12. The Labute approximate surface area is 142 Å². The van der Waals surface area contributed by atoms with Gasteiger partial charge in [0, 0.05) is 11.7 Å². The molecule has 1 aliphatic carbocycles. The molecular weight excluding hydrogens is 302 g/mol. The molecule has 1 heterocycles. The number of amides is 2. The van der Waals surface area contributed by atoms with Crippen molar-refractivity contribution in [1.29, 1.82) is 0 Å². The molecule has 0 unspecified atom stereocenters. The molecule has 0 aliphatic heterocycles. The molecule has 6 nitrogen and oxygen atoms in total. The number of hydrogen-bond donors (Lipinski definition) is 3. The van der Waals surface area contributed by atoms with E-state index in [9.17, 15) is 4.79 Å². The quantitative estimate of drug-likeness (QED) is 0.734. The maximum absolute atomic E-state index is 11.9. The van der Waals surface area contributed by atoms with Crippen LogP contribution in [0.5, 0.6) is 0 Å². The lowest BCUT2D eigenvalue weighted by Gasteiger charge is -2.16. The summed E-state index contributed by atoms with van der Waals surface area (Å²) in [6, 6.07) is 13.0. The molecule has 1 aliphatic rings. The van der Waals surface area contributed by atoms with Gasteiger partial charge in [-0.25, -0.2) is 4.79 Å². The third kappa shape index (κ3) is 4.94. The van der Waals surface area contributed by atoms with Gasteiger partial charge < -0.3 is 10.6 Å². The maximum atomic E-state index is 11.9. The second-order valence-electron chi connectivity index (χ2n) is 6.08. The second kappa shape index (κ2) is 8.29. The first-order valence-electron chi connectivity index (χ1n) is 8.53. The van der Waals surface area contributed by atoms with Crippen LogP contribution in [0, 0.1) is 0 Å². The van der Waals surface area contributed by atoms with Gasteiger partial charge >= 0.3 is 6.03 Å². The monoisotopic (exact) mass is 325 g/mol. The summed E-state index contributed by atoms with van der Waals surface area (Å²) in [6.45, 7) is 0. The average Bonchev–Trinajstić information content (AvgIpc) is 2.86. The van der Waals surface area contributed by atoms with Crippen LogP contribution in [0.15, 0.2) is 42.5 Å². The molecule has 1 fully saturated rings. The number of para-hydroxylation sites is 1. The zero-order valence-corrected chi connectivity index (χ0v) is 13.7. The summed E-state index contributed by atoms with van der Waals surface area (Å²) in [7, 11) is 0. The summed E-state index contributed by atoms with van der Waals surface area (Å²) >= 11 is 0. The van der Waals surface area contributed by atoms with Crippen LogP contribution >= 0.6 is 0 Å². The molecular formula is C18H23N5O. The third-order valence-corrected chi connectivity index (χ3v) is 4.14. The molecule has 3 rings (SSSR count). The van der Waals surface area contributed by atoms with E-state index < -0.39 is 0 Å². The molecule has 0 spiro atoms. The highest BCUT2D eigenvalue weighted by atomic mass is 16.2. The summed E-state index contributed by atoms with van der Waals surface area (Å²) in [5.74, 6) is 1.19. The number of urea groups is 1. The smallest absolute Gasteiger partial charge is 0.324 e. The van der Waals surface area contributed by atoms with E-state index >= 15 is 0 Å². The van der Waals surface area contributed by atoms with Crippen LogP contribution in [0.1, 0.15) is 38.5 Å². The first-order valence-corrected chi connectivity index (χ1v) is 8.53. The minimum atomic E-state index is -0.333. The molecule has 0 radical (unpaired) electrons. The Balaban J connectivity index is 1.51. The number of anilines is 3. The van der Waals surface area contributed by atoms with Crippen LogP contribution in [0.25, 0.3) is 0 Å². The van der Waals surface area contributed by atoms with Crippen molar-refractivity contribution in [3.63, 3.8) is 0 Å². The molecule has 6 heteroatoms. The Hall–Kier alpha value is -2.63. The molecule has 2 aromatic rings. The summed E-state index contributed by atoms with van der Waals surface area (Å²) in [4.78, 5) is 11.9. The van der Waals surface area contributed by atoms with Crippen LogP contribution < -0.4 is 16.0 Å². The van der Waals surface area contributed by atoms with Gasteiger partial charge in [0.05, 0.1) is 0 Å². The van der Waals surface area contributed by atoms with Gasteiger partial charge in [-0.3, -0.25) is 5.32 Å². The summed E-state index contributed by atoms with van der Waals surface area (Å²) in [6.07, 6.45) is 7.55. The van der Waals surface area contributed by atoms with E-state index in [0.717, 1.165) is 11.5 Å². The van der Waals surface area contributed by atoms with E-state index in [1.54, 1.807) is 6.07 Å². The average molecular weight is 325 g/mol. The second-order valence-corrected chi connectivity index (χ2v) is 6.08. The molecule has 1 aromatic carbocycles. The van der Waals surface area contributed by atoms with Crippen LogP contribution in [0.4, 0.5) is 22.1 Å². The lowest BCUT2D eigenvalue weighted by Crippen LogP contribution is -2.21. The summed E-state index contributed by atoms with van der Waals surface area (Å²) < 4.78 is 0. The van der Waals surface area contributed by atoms with Gasteiger partial charge in [0.25, 0.3) is 0 Å². The van der Waals surface area contributed by atoms with Crippen molar-refractivity contribution in [2.45, 2.75) is 44.6 Å². The molecule has 0 saturated heterocycles. The number of rotatable bonds is 4. The lowest BCUT2D eigenvalue weighted by atomic mass is 10.1. The highest BCUT2D eigenvalue weighted by molar-refractivity contribution is 5.99. The van der Waals surface area contributed by atoms with Gasteiger partial charge in [0.2, 0.25) is 0 Å². The van der Waals surface area contributed by atoms with Crippen molar-refractivity contribution in [2.75, 3.05) is 16.0 Å². The zero-order chi connectivity index (χ0) is 16.6. The van der Waals surface area contributed by atoms with E-state index in [1.165, 1.54) is 38.5 Å². The summed E-state index contributed by atoms with van der Waals surface area (Å²) in [5.41, 5.74) is 0.731. The maximum Gasteiger partial charge on any atom is 0.324 e. The van der Waals surface area contributed by atoms with Crippen molar-refractivity contribution in [2.24, 2.45) is 0 Å². The van der Waals surface area contributed by atoms with Crippen molar-refractivity contribution in [3.05, 3.63) is 42.5 Å². The van der Waals surface area contributed by atoms with Crippen molar-refractivity contribution >= 4 is 23.4 Å². The Kier molecular flexibility index (Phi) is 5.61. The molecule has 24 heavy (non-hydrogen) atoms. The van der Waals surface area contributed by atoms with Gasteiger partial charge in [-0.2, -0.15) is 0 Å². The number of nitrogens with zero attached hydrogens (tertiary/aromatic N) is 2. The molecule has 0 atom stereocenters. The predicted octanol–water partition coefficient (Wildman–Crippen LogP) is 4.26. The van der Waals surface area contributed by atoms with Gasteiger partial charge in [0.15, 0.2) is 5.82 Å². The Morgan fingerprint density at radius 3 is 2.17 bits per heavy atom. The first-order chi connectivity index (χ1) is 11.8. The van der Waals surface area contributed by atoms with Crippen LogP contribution in [-0.4, -0.2) is 22.3 Å². The molecule has 0 bridgehead atoms. The minimum absolute atomic E-state index is 0.333. The standard InChI is InChI=1S/C18H23N5O/c24-18(20-15-10-6-3-7-11-15)21-17-13-12-16(22-23-17)19-14-8-4-1-2-5-9-14/h3,6-7,10-14H,1-2,4-5,8-9H2,(H,19,22)(H2,20,21,23,24). The highest BCUT2D eigenvalue weighted by Crippen LogP contribution is 2.20. The fourth-order valence-corrected chi connectivity index (χ4v) is 2.91. The Morgan fingerprint density at radius 2 is 1.50 bits per heavy atom. The first kappa shape index (κ1) is 16.2. The number of carbonyl (C=O) groups is 1. The number of carbonyl (C=O) groups excluding carboxylic acids is 1. The van der Waals surface area contributed by atoms with E-state index in [-0.39, 0.29) is 6.03 Å². The van der Waals surface area contributed by atoms with Crippen LogP contribution in [0.2, 0.25) is 0 Å². The van der Waals surface area contributed by atoms with Crippen molar-refractivity contribution in [3.8, 4) is 0 Å². The zero-order valence-electron chi connectivity index (χ0n) is 13.7. The third-order valence-electron chi connectivity index (χ3n) is 4.14. The van der Waals surface area contributed by atoms with Crippen molar-refractivity contribution in [1.82, 2.24) is 10.2 Å². The fourth-order valence-electron chi connectivity index (χ4n) is 2.91. The van der Waals surface area contributed by atoms with Gasteiger partial charge in [-0.05, 0) is 37.1 Å². The van der Waals surface area contributed by atoms with Crippen LogP contribution in [-0.2, 0) is 0 Å². The van der Waals surface area contributed by atoms with Gasteiger partial charge in [-0.15, -0.1) is 10.2 Å². The van der Waals surface area contributed by atoms with E-state index in [2.05, 4.69) is 26.1 Å². The Bertz CT molecular complexity index is 636. The topological polar surface area (TPSA) is 78.9 Å². The number of benzene rings is 1. The molecule has 1 aromatic heterocycles. The normalized spacial score (nSPS) is 15.3. The van der Waals surface area contributed by atoms with E-state index in [4.69, 9.17) is 0 Å². The number of aromatic nitrogens is 2. The SMILES string of the molecule is O=C(Nc1ccccc1)Nc1ccc(NC2CCCCCC2)nn1. The minimum Gasteiger partial charge on any atom is -0.366 e. The van der Waals surface area contributed by atoms with Crippen molar-refractivity contribution < 1.29 is 4.79 Å². The number of hydrogen-bond acceptors (Lipinski definition) is 4. The predicted molar refractivity (Wildman–Crippen MR) is 96.2 cm³/mol. The van der Waals surface area contributed by atoms with Gasteiger partial charge in [0.1, 0.15) is 5.82 Å². The fraction of sp³-hybridized carbons (Fsp3) is 0.389.